The number of rotatable bonds is 2. The second-order valence-corrected chi connectivity index (χ2v) is 5.63. The van der Waals surface area contributed by atoms with Crippen LogP contribution in [0.1, 0.15) is 47.8 Å². The highest BCUT2D eigenvalue weighted by molar-refractivity contribution is 7.81. The Hall–Kier alpha value is -0.760. The summed E-state index contributed by atoms with van der Waals surface area (Å²) in [5.74, 6) is 0.384. The first-order valence-electron chi connectivity index (χ1n) is 5.53. The third-order valence-corrected chi connectivity index (χ3v) is 3.11. The molecular weight excluding hydrogens is 216 g/mol. The van der Waals surface area contributed by atoms with Crippen molar-refractivity contribution >= 4 is 18.4 Å². The van der Waals surface area contributed by atoms with E-state index in [0.29, 0.717) is 0 Å². The summed E-state index contributed by atoms with van der Waals surface area (Å²) in [6.07, 6.45) is 0. The molecule has 0 saturated heterocycles. The molecule has 0 saturated carbocycles. The second-order valence-electron chi connectivity index (χ2n) is 5.32. The molecule has 0 unspecified atom stereocenters. The first-order valence-corrected chi connectivity index (χ1v) is 6.16. The Morgan fingerprint density at radius 3 is 1.94 bits per heavy atom. The Balaban J connectivity index is 3.34. The van der Waals surface area contributed by atoms with Crippen LogP contribution in [0.15, 0.2) is 12.1 Å². The number of benzene rings is 1. The van der Waals surface area contributed by atoms with Crippen molar-refractivity contribution in [2.75, 3.05) is 5.75 Å². The minimum atomic E-state index is 0.110. The summed E-state index contributed by atoms with van der Waals surface area (Å²) >= 11 is 4.05. The van der Waals surface area contributed by atoms with Gasteiger partial charge in [-0.05, 0) is 36.0 Å². The molecule has 0 radical (unpaired) electrons. The Morgan fingerprint density at radius 1 is 1.19 bits per heavy atom. The van der Waals surface area contributed by atoms with E-state index in [0.717, 1.165) is 16.7 Å². The SMILES string of the molecule is Cc1cc(C(C)(C)C)cc(C)c1C(=O)CS. The quantitative estimate of drug-likeness (QED) is 0.612. The van der Waals surface area contributed by atoms with E-state index in [1.54, 1.807) is 0 Å². The van der Waals surface area contributed by atoms with Gasteiger partial charge in [-0.15, -0.1) is 0 Å². The maximum absolute atomic E-state index is 11.7. The Kier molecular flexibility index (Phi) is 3.84. The Bertz CT molecular complexity index is 390. The van der Waals surface area contributed by atoms with E-state index in [1.807, 2.05) is 13.8 Å². The van der Waals surface area contributed by atoms with Gasteiger partial charge in [-0.2, -0.15) is 12.6 Å². The maximum Gasteiger partial charge on any atom is 0.172 e. The zero-order valence-corrected chi connectivity index (χ0v) is 11.6. The monoisotopic (exact) mass is 236 g/mol. The summed E-state index contributed by atoms with van der Waals surface area (Å²) in [6, 6.07) is 4.23. The molecule has 0 fully saturated rings. The van der Waals surface area contributed by atoms with Crippen LogP contribution in [0.3, 0.4) is 0 Å². The number of aryl methyl sites for hydroxylation is 2. The predicted molar refractivity (Wildman–Crippen MR) is 72.8 cm³/mol. The topological polar surface area (TPSA) is 17.1 Å². The van der Waals surface area contributed by atoms with Crippen molar-refractivity contribution in [3.05, 3.63) is 34.4 Å². The van der Waals surface area contributed by atoms with Gasteiger partial charge in [0.1, 0.15) is 0 Å². The second kappa shape index (κ2) is 4.62. The molecule has 16 heavy (non-hydrogen) atoms. The summed E-state index contributed by atoms with van der Waals surface area (Å²) in [6.45, 7) is 10.5. The van der Waals surface area contributed by atoms with E-state index in [1.165, 1.54) is 5.56 Å². The van der Waals surface area contributed by atoms with Gasteiger partial charge in [0.2, 0.25) is 0 Å². The van der Waals surface area contributed by atoms with Crippen LogP contribution in [0.2, 0.25) is 0 Å². The molecule has 1 aromatic rings. The molecule has 0 aliphatic heterocycles. The van der Waals surface area contributed by atoms with Gasteiger partial charge in [0.05, 0.1) is 5.75 Å². The largest absolute Gasteiger partial charge is 0.293 e. The van der Waals surface area contributed by atoms with Crippen molar-refractivity contribution in [2.24, 2.45) is 0 Å². The van der Waals surface area contributed by atoms with Crippen molar-refractivity contribution in [1.29, 1.82) is 0 Å². The minimum Gasteiger partial charge on any atom is -0.293 e. The van der Waals surface area contributed by atoms with Crippen molar-refractivity contribution in [2.45, 2.75) is 40.0 Å². The lowest BCUT2D eigenvalue weighted by Crippen LogP contribution is -2.14. The lowest BCUT2D eigenvalue weighted by atomic mass is 9.83. The standard InChI is InChI=1S/C14H20OS/c1-9-6-11(14(3,4)5)7-10(2)13(9)12(15)8-16/h6-7,16H,8H2,1-5H3. The van der Waals surface area contributed by atoms with Crippen molar-refractivity contribution in [3.8, 4) is 0 Å². The van der Waals surface area contributed by atoms with Gasteiger partial charge in [0, 0.05) is 5.56 Å². The number of ketones is 1. The van der Waals surface area contributed by atoms with Crippen molar-refractivity contribution in [3.63, 3.8) is 0 Å². The van der Waals surface area contributed by atoms with Crippen LogP contribution >= 0.6 is 12.6 Å². The van der Waals surface area contributed by atoms with Crippen LogP contribution in [-0.2, 0) is 5.41 Å². The van der Waals surface area contributed by atoms with E-state index in [2.05, 4.69) is 45.5 Å². The van der Waals surface area contributed by atoms with Gasteiger partial charge in [0.15, 0.2) is 5.78 Å². The molecule has 0 spiro atoms. The summed E-state index contributed by atoms with van der Waals surface area (Å²) in [5.41, 5.74) is 4.35. The predicted octanol–water partition coefficient (Wildman–Crippen LogP) is 3.71. The van der Waals surface area contributed by atoms with Crippen LogP contribution < -0.4 is 0 Å². The third kappa shape index (κ3) is 2.67. The molecule has 0 aliphatic rings. The summed E-state index contributed by atoms with van der Waals surface area (Å²) < 4.78 is 0. The number of hydrogen-bond acceptors (Lipinski definition) is 2. The van der Waals surface area contributed by atoms with Gasteiger partial charge < -0.3 is 0 Å². The molecule has 0 heterocycles. The first kappa shape index (κ1) is 13.3. The van der Waals surface area contributed by atoms with Gasteiger partial charge in [-0.3, -0.25) is 4.79 Å². The molecule has 0 bridgehead atoms. The molecule has 1 aromatic carbocycles. The van der Waals surface area contributed by atoms with Gasteiger partial charge in [-0.1, -0.05) is 32.9 Å². The Labute approximate surface area is 104 Å². The average molecular weight is 236 g/mol. The number of hydrogen-bond donors (Lipinski definition) is 1. The molecular formula is C14H20OS. The Morgan fingerprint density at radius 2 is 1.62 bits per heavy atom. The lowest BCUT2D eigenvalue weighted by Gasteiger charge is -2.21. The molecule has 0 atom stereocenters. The lowest BCUT2D eigenvalue weighted by molar-refractivity contribution is 0.102. The van der Waals surface area contributed by atoms with Crippen LogP contribution in [-0.4, -0.2) is 11.5 Å². The summed E-state index contributed by atoms with van der Waals surface area (Å²) in [4.78, 5) is 11.7. The maximum atomic E-state index is 11.7. The van der Waals surface area contributed by atoms with Gasteiger partial charge in [0.25, 0.3) is 0 Å². The fourth-order valence-corrected chi connectivity index (χ4v) is 2.07. The molecule has 0 aromatic heterocycles. The van der Waals surface area contributed by atoms with E-state index >= 15 is 0 Å². The molecule has 0 N–H and O–H groups in total. The molecule has 0 aliphatic carbocycles. The normalized spacial score (nSPS) is 11.6. The highest BCUT2D eigenvalue weighted by atomic mass is 32.1. The highest BCUT2D eigenvalue weighted by Crippen LogP contribution is 2.27. The average Bonchev–Trinajstić information content (AvgIpc) is 2.14. The van der Waals surface area contributed by atoms with Gasteiger partial charge >= 0.3 is 0 Å². The molecule has 1 nitrogen and oxygen atoms in total. The zero-order chi connectivity index (χ0) is 12.5. The van der Waals surface area contributed by atoms with Crippen molar-refractivity contribution < 1.29 is 4.79 Å². The number of carbonyl (C=O) groups is 1. The van der Waals surface area contributed by atoms with Crippen LogP contribution in [0.25, 0.3) is 0 Å². The fraction of sp³-hybridized carbons (Fsp3) is 0.500. The number of Topliss-reactive ketones (excluding diaryl/α,β-unsaturated/α-hetero) is 1. The number of carbonyl (C=O) groups excluding carboxylic acids is 1. The first-order chi connectivity index (χ1) is 7.27. The van der Waals surface area contributed by atoms with Crippen LogP contribution in [0.5, 0.6) is 0 Å². The molecule has 0 amide bonds. The van der Waals surface area contributed by atoms with Crippen LogP contribution in [0, 0.1) is 13.8 Å². The molecule has 1 rings (SSSR count). The minimum absolute atomic E-state index is 0.110. The summed E-state index contributed by atoms with van der Waals surface area (Å²) in [5, 5.41) is 0. The highest BCUT2D eigenvalue weighted by Gasteiger charge is 2.18. The third-order valence-electron chi connectivity index (χ3n) is 2.82. The van der Waals surface area contributed by atoms with Crippen LogP contribution in [0.4, 0.5) is 0 Å². The molecule has 88 valence electrons. The molecule has 2 heteroatoms. The smallest absolute Gasteiger partial charge is 0.172 e. The van der Waals surface area contributed by atoms with E-state index in [4.69, 9.17) is 0 Å². The van der Waals surface area contributed by atoms with E-state index < -0.39 is 0 Å². The number of thiol groups is 1. The van der Waals surface area contributed by atoms with E-state index in [-0.39, 0.29) is 17.0 Å². The van der Waals surface area contributed by atoms with Crippen molar-refractivity contribution in [1.82, 2.24) is 0 Å². The zero-order valence-electron chi connectivity index (χ0n) is 10.7. The fourth-order valence-electron chi connectivity index (χ4n) is 1.92. The van der Waals surface area contributed by atoms with Gasteiger partial charge in [-0.25, -0.2) is 0 Å². The summed E-state index contributed by atoms with van der Waals surface area (Å²) in [7, 11) is 0. The van der Waals surface area contributed by atoms with E-state index in [9.17, 15) is 4.79 Å².